The van der Waals surface area contributed by atoms with Crippen molar-refractivity contribution >= 4 is 5.91 Å². The lowest BCUT2D eigenvalue weighted by atomic mass is 10.0. The van der Waals surface area contributed by atoms with Crippen LogP contribution in [0.5, 0.6) is 0 Å². The minimum absolute atomic E-state index is 0.00519. The van der Waals surface area contributed by atoms with Crippen LogP contribution in [0.15, 0.2) is 0 Å². The van der Waals surface area contributed by atoms with Crippen molar-refractivity contribution in [3.63, 3.8) is 0 Å². The van der Waals surface area contributed by atoms with E-state index in [2.05, 4.69) is 10.6 Å². The Hall–Kier alpha value is -0.650. The minimum atomic E-state index is -0.516. The van der Waals surface area contributed by atoms with Gasteiger partial charge in [-0.25, -0.2) is 0 Å². The summed E-state index contributed by atoms with van der Waals surface area (Å²) in [6.07, 6.45) is 0. The summed E-state index contributed by atoms with van der Waals surface area (Å²) in [7, 11) is 0. The number of carbonyl (C=O) groups is 1. The maximum atomic E-state index is 11.2. The Morgan fingerprint density at radius 2 is 2.08 bits per heavy atom. The molecule has 12 heavy (non-hydrogen) atoms. The Labute approximate surface area is 70.8 Å². The first-order chi connectivity index (χ1) is 5.77. The lowest BCUT2D eigenvalue weighted by Gasteiger charge is -2.27. The van der Waals surface area contributed by atoms with Crippen LogP contribution in [0.4, 0.5) is 0 Å². The van der Waals surface area contributed by atoms with Gasteiger partial charge in [-0.2, -0.15) is 0 Å². The summed E-state index contributed by atoms with van der Waals surface area (Å²) in [5.74, 6) is -0.0903. The molecule has 1 aliphatic rings. The Morgan fingerprint density at radius 3 is 2.42 bits per heavy atom. The van der Waals surface area contributed by atoms with Gasteiger partial charge in [-0.1, -0.05) is 0 Å². The molecule has 70 valence electrons. The average Bonchev–Trinajstić information content (AvgIpc) is 1.96. The molecule has 0 spiro atoms. The molecule has 0 radical (unpaired) electrons. The van der Waals surface area contributed by atoms with Gasteiger partial charge in [0.05, 0.1) is 25.2 Å². The number of nitrogens with one attached hydrogen (secondary N) is 2. The van der Waals surface area contributed by atoms with E-state index in [1.807, 2.05) is 0 Å². The van der Waals surface area contributed by atoms with E-state index < -0.39 is 6.04 Å². The van der Waals surface area contributed by atoms with Crippen LogP contribution < -0.4 is 10.6 Å². The monoisotopic (exact) mass is 174 g/mol. The summed E-state index contributed by atoms with van der Waals surface area (Å²) in [6.45, 7) is 0.940. The van der Waals surface area contributed by atoms with E-state index in [4.69, 9.17) is 10.2 Å². The molecule has 1 amide bonds. The van der Waals surface area contributed by atoms with Crippen LogP contribution in [0.3, 0.4) is 0 Å². The summed E-state index contributed by atoms with van der Waals surface area (Å²) in [5.41, 5.74) is 0. The lowest BCUT2D eigenvalue weighted by Crippen LogP contribution is -2.53. The Kier molecular flexibility index (Phi) is 3.46. The van der Waals surface area contributed by atoms with Gasteiger partial charge in [0, 0.05) is 13.1 Å². The van der Waals surface area contributed by atoms with Gasteiger partial charge in [-0.15, -0.1) is 0 Å². The third kappa shape index (κ3) is 2.17. The molecule has 1 aliphatic heterocycles. The van der Waals surface area contributed by atoms with E-state index in [1.165, 1.54) is 0 Å². The summed E-state index contributed by atoms with van der Waals surface area (Å²) in [5, 5.41) is 22.8. The van der Waals surface area contributed by atoms with Gasteiger partial charge in [-0.05, 0) is 0 Å². The second-order valence-corrected chi connectivity index (χ2v) is 2.93. The Balaban J connectivity index is 2.23. The second kappa shape index (κ2) is 4.39. The van der Waals surface area contributed by atoms with Crippen molar-refractivity contribution in [2.24, 2.45) is 5.92 Å². The molecule has 0 aromatic heterocycles. The van der Waals surface area contributed by atoms with Crippen LogP contribution in [-0.4, -0.2) is 48.5 Å². The van der Waals surface area contributed by atoms with Crippen molar-refractivity contribution in [3.8, 4) is 0 Å². The minimum Gasteiger partial charge on any atom is -0.394 e. The predicted octanol–water partition coefficient (Wildman–Crippen LogP) is -2.32. The van der Waals surface area contributed by atoms with E-state index in [0.29, 0.717) is 13.1 Å². The Morgan fingerprint density at radius 1 is 1.50 bits per heavy atom. The van der Waals surface area contributed by atoms with Crippen LogP contribution in [0.25, 0.3) is 0 Å². The van der Waals surface area contributed by atoms with Crippen molar-refractivity contribution in [1.82, 2.24) is 10.6 Å². The van der Waals surface area contributed by atoms with Crippen LogP contribution in [0.2, 0.25) is 0 Å². The molecule has 1 fully saturated rings. The highest BCUT2D eigenvalue weighted by atomic mass is 16.3. The number of rotatable bonds is 4. The largest absolute Gasteiger partial charge is 0.394 e. The summed E-state index contributed by atoms with van der Waals surface area (Å²) < 4.78 is 0. The van der Waals surface area contributed by atoms with Crippen LogP contribution in [-0.2, 0) is 4.79 Å². The topological polar surface area (TPSA) is 81.6 Å². The first kappa shape index (κ1) is 9.44. The predicted molar refractivity (Wildman–Crippen MR) is 42.5 cm³/mol. The SMILES string of the molecule is O=C(NC(CO)CO)C1CNC1. The first-order valence-electron chi connectivity index (χ1n) is 4.00. The fourth-order valence-electron chi connectivity index (χ4n) is 0.942. The van der Waals surface area contributed by atoms with Crippen molar-refractivity contribution in [2.75, 3.05) is 26.3 Å². The van der Waals surface area contributed by atoms with E-state index in [-0.39, 0.29) is 25.0 Å². The van der Waals surface area contributed by atoms with Crippen molar-refractivity contribution in [2.45, 2.75) is 6.04 Å². The molecule has 5 heteroatoms. The van der Waals surface area contributed by atoms with Gasteiger partial charge in [0.1, 0.15) is 0 Å². The molecule has 0 bridgehead atoms. The van der Waals surface area contributed by atoms with Crippen LogP contribution >= 0.6 is 0 Å². The highest BCUT2D eigenvalue weighted by molar-refractivity contribution is 5.80. The fraction of sp³-hybridized carbons (Fsp3) is 0.857. The van der Waals surface area contributed by atoms with Crippen LogP contribution in [0.1, 0.15) is 0 Å². The summed E-state index contributed by atoms with van der Waals surface area (Å²) >= 11 is 0. The van der Waals surface area contributed by atoms with Gasteiger partial charge in [0.25, 0.3) is 0 Å². The molecule has 4 N–H and O–H groups in total. The quantitative estimate of drug-likeness (QED) is 0.385. The third-order valence-electron chi connectivity index (χ3n) is 1.94. The summed E-state index contributed by atoms with van der Waals surface area (Å²) in [4.78, 5) is 11.2. The number of hydrogen-bond acceptors (Lipinski definition) is 4. The maximum Gasteiger partial charge on any atom is 0.226 e. The van der Waals surface area contributed by atoms with Crippen molar-refractivity contribution in [3.05, 3.63) is 0 Å². The number of aliphatic hydroxyl groups is 2. The molecule has 5 nitrogen and oxygen atoms in total. The molecule has 0 saturated carbocycles. The van der Waals surface area contributed by atoms with Gasteiger partial charge in [0.15, 0.2) is 0 Å². The van der Waals surface area contributed by atoms with Gasteiger partial charge < -0.3 is 20.8 Å². The van der Waals surface area contributed by atoms with Crippen molar-refractivity contribution in [1.29, 1.82) is 0 Å². The zero-order valence-corrected chi connectivity index (χ0v) is 6.79. The molecule has 0 unspecified atom stereocenters. The highest BCUT2D eigenvalue weighted by Gasteiger charge is 2.25. The van der Waals surface area contributed by atoms with Gasteiger partial charge in [0.2, 0.25) is 5.91 Å². The molecular weight excluding hydrogens is 160 g/mol. The number of aliphatic hydroxyl groups excluding tert-OH is 2. The molecule has 0 aromatic rings. The summed E-state index contributed by atoms with van der Waals surface area (Å²) in [6, 6.07) is -0.516. The lowest BCUT2D eigenvalue weighted by molar-refractivity contribution is -0.127. The maximum absolute atomic E-state index is 11.2. The molecular formula is C7H14N2O3. The molecule has 0 atom stereocenters. The number of hydrogen-bond donors (Lipinski definition) is 4. The van der Waals surface area contributed by atoms with Gasteiger partial charge >= 0.3 is 0 Å². The highest BCUT2D eigenvalue weighted by Crippen LogP contribution is 2.02. The van der Waals surface area contributed by atoms with Gasteiger partial charge in [-0.3, -0.25) is 4.79 Å². The first-order valence-corrected chi connectivity index (χ1v) is 4.00. The van der Waals surface area contributed by atoms with Crippen molar-refractivity contribution < 1.29 is 15.0 Å². The molecule has 1 saturated heterocycles. The standard InChI is InChI=1S/C7H14N2O3/c10-3-6(4-11)9-7(12)5-1-8-2-5/h5-6,8,10-11H,1-4H2,(H,9,12). The fourth-order valence-corrected chi connectivity index (χ4v) is 0.942. The molecule has 0 aliphatic carbocycles. The number of carbonyl (C=O) groups excluding carboxylic acids is 1. The zero-order valence-electron chi connectivity index (χ0n) is 6.79. The average molecular weight is 174 g/mol. The van der Waals surface area contributed by atoms with Crippen LogP contribution in [0, 0.1) is 5.92 Å². The molecule has 0 aromatic carbocycles. The zero-order chi connectivity index (χ0) is 8.97. The van der Waals surface area contributed by atoms with E-state index >= 15 is 0 Å². The molecule has 1 rings (SSSR count). The van der Waals surface area contributed by atoms with E-state index in [9.17, 15) is 4.79 Å². The normalized spacial score (nSPS) is 17.6. The number of amides is 1. The van der Waals surface area contributed by atoms with E-state index in [0.717, 1.165) is 0 Å². The third-order valence-corrected chi connectivity index (χ3v) is 1.94. The Bertz CT molecular complexity index is 155. The second-order valence-electron chi connectivity index (χ2n) is 2.93. The molecule has 1 heterocycles. The smallest absolute Gasteiger partial charge is 0.226 e. The van der Waals surface area contributed by atoms with E-state index in [1.54, 1.807) is 0 Å².